The van der Waals surface area contributed by atoms with Gasteiger partial charge < -0.3 is 10.4 Å². The van der Waals surface area contributed by atoms with Crippen molar-refractivity contribution in [3.05, 3.63) is 108 Å². The Kier molecular flexibility index (Phi) is 4.79. The number of carbonyl (C=O) groups excluding carboxylic acids is 1. The van der Waals surface area contributed by atoms with E-state index in [4.69, 9.17) is 0 Å². The maximum absolute atomic E-state index is 12.7. The lowest BCUT2D eigenvalue weighted by molar-refractivity contribution is 0.0361. The fraction of sp³-hybridized carbons (Fsp3) is 0.0909. The Morgan fingerprint density at radius 2 is 1.44 bits per heavy atom. The van der Waals surface area contributed by atoms with Gasteiger partial charge in [-0.25, -0.2) is 4.99 Å². The molecule has 2 atom stereocenters. The predicted molar refractivity (Wildman–Crippen MR) is 109 cm³/mol. The zero-order valence-corrected chi connectivity index (χ0v) is 15.3. The van der Waals surface area contributed by atoms with E-state index in [2.05, 4.69) is 10.3 Å². The van der Waals surface area contributed by atoms with Crippen molar-refractivity contribution in [3.63, 3.8) is 0 Å². The molecule has 0 bridgehead atoms. The molecule has 0 spiro atoms. The maximum Gasteiger partial charge on any atom is 0.252 e. The lowest BCUT2D eigenvalue weighted by Crippen LogP contribution is -2.45. The molecule has 0 radical (unpaired) electrons. The zero-order chi connectivity index (χ0) is 18.7. The smallest absolute Gasteiger partial charge is 0.252 e. The van der Waals surface area contributed by atoms with Crippen molar-refractivity contribution in [1.29, 1.82) is 0 Å². The van der Waals surface area contributed by atoms with Crippen molar-refractivity contribution in [1.82, 2.24) is 5.32 Å². The van der Waals surface area contributed by atoms with Crippen LogP contribution in [0.1, 0.15) is 21.5 Å². The van der Waals surface area contributed by atoms with Gasteiger partial charge >= 0.3 is 0 Å². The van der Waals surface area contributed by atoms with Gasteiger partial charge in [-0.2, -0.15) is 0 Å². The van der Waals surface area contributed by atoms with E-state index in [0.717, 1.165) is 5.56 Å². The molecule has 0 fully saturated rings. The molecular weight excluding hydrogens is 356 g/mol. The number of carbonyl (C=O) groups is 1. The minimum Gasteiger partial charge on any atom is -0.363 e. The van der Waals surface area contributed by atoms with E-state index in [0.29, 0.717) is 16.2 Å². The summed E-state index contributed by atoms with van der Waals surface area (Å²) in [5.74, 6) is -0.244. The third kappa shape index (κ3) is 3.52. The van der Waals surface area contributed by atoms with Crippen LogP contribution in [0.3, 0.4) is 0 Å². The highest BCUT2D eigenvalue weighted by molar-refractivity contribution is 8.15. The number of aliphatic imine (C=N–C) groups is 1. The minimum absolute atomic E-state index is 0.244. The first-order valence-electron chi connectivity index (χ1n) is 8.62. The molecule has 3 aromatic rings. The molecule has 0 unspecified atom stereocenters. The van der Waals surface area contributed by atoms with Crippen LogP contribution in [0.5, 0.6) is 0 Å². The molecule has 1 amide bonds. The summed E-state index contributed by atoms with van der Waals surface area (Å²) in [6, 6.07) is 27.9. The summed E-state index contributed by atoms with van der Waals surface area (Å²) >= 11 is 1.36. The summed E-state index contributed by atoms with van der Waals surface area (Å²) in [5, 5.41) is 14.4. The van der Waals surface area contributed by atoms with Crippen LogP contribution in [0.2, 0.25) is 0 Å². The standard InChI is InChI=1S/C22H18N2O2S/c25-19(16-10-4-1-5-11-16)23-21-22(26,18-14-8-3-9-15-18)24-20(27-21)17-12-6-2-7-13-17/h1-15,21,26H,(H,23,25)/t21-,22+/m1/s1. The molecule has 4 nitrogen and oxygen atoms in total. The molecule has 1 aliphatic rings. The van der Waals surface area contributed by atoms with E-state index in [1.807, 2.05) is 78.9 Å². The van der Waals surface area contributed by atoms with E-state index >= 15 is 0 Å². The van der Waals surface area contributed by atoms with Gasteiger partial charge in [-0.15, -0.1) is 0 Å². The van der Waals surface area contributed by atoms with Crippen molar-refractivity contribution in [3.8, 4) is 0 Å². The molecule has 1 heterocycles. The molecule has 1 aliphatic heterocycles. The highest BCUT2D eigenvalue weighted by Gasteiger charge is 2.46. The highest BCUT2D eigenvalue weighted by atomic mass is 32.2. The molecule has 0 aromatic heterocycles. The number of hydrogen-bond acceptors (Lipinski definition) is 4. The second-order valence-electron chi connectivity index (χ2n) is 6.21. The summed E-state index contributed by atoms with van der Waals surface area (Å²) in [4.78, 5) is 17.3. The second kappa shape index (κ2) is 7.39. The van der Waals surface area contributed by atoms with Crippen LogP contribution in [0, 0.1) is 0 Å². The molecule has 4 rings (SSSR count). The molecule has 27 heavy (non-hydrogen) atoms. The van der Waals surface area contributed by atoms with Crippen LogP contribution in [0.15, 0.2) is 96.0 Å². The predicted octanol–water partition coefficient (Wildman–Crippen LogP) is 3.78. The Morgan fingerprint density at radius 1 is 0.889 bits per heavy atom. The highest BCUT2D eigenvalue weighted by Crippen LogP contribution is 2.41. The topological polar surface area (TPSA) is 61.7 Å². The lowest BCUT2D eigenvalue weighted by Gasteiger charge is -2.27. The number of thioether (sulfide) groups is 1. The Morgan fingerprint density at radius 3 is 2.07 bits per heavy atom. The van der Waals surface area contributed by atoms with Crippen LogP contribution in [0.25, 0.3) is 0 Å². The van der Waals surface area contributed by atoms with Gasteiger partial charge in [0.25, 0.3) is 5.91 Å². The third-order valence-corrected chi connectivity index (χ3v) is 5.62. The summed E-state index contributed by atoms with van der Waals surface area (Å²) < 4.78 is 0. The Hall–Kier alpha value is -2.89. The Bertz CT molecular complexity index is 961. The van der Waals surface area contributed by atoms with Crippen LogP contribution in [0.4, 0.5) is 0 Å². The lowest BCUT2D eigenvalue weighted by atomic mass is 10.0. The van der Waals surface area contributed by atoms with Crippen LogP contribution in [-0.4, -0.2) is 21.4 Å². The summed E-state index contributed by atoms with van der Waals surface area (Å²) in [5.41, 5.74) is 0.554. The van der Waals surface area contributed by atoms with Gasteiger partial charge in [0.2, 0.25) is 5.72 Å². The average molecular weight is 374 g/mol. The van der Waals surface area contributed by atoms with Crippen molar-refractivity contribution in [2.24, 2.45) is 4.99 Å². The monoisotopic (exact) mass is 374 g/mol. The SMILES string of the molecule is O=C(N[C@@H]1SC(c2ccccc2)=N[C@]1(O)c1ccccc1)c1ccccc1. The molecule has 0 saturated heterocycles. The van der Waals surface area contributed by atoms with Crippen molar-refractivity contribution in [2.45, 2.75) is 11.1 Å². The Labute approximate surface area is 162 Å². The Balaban J connectivity index is 1.69. The van der Waals surface area contributed by atoms with E-state index < -0.39 is 11.1 Å². The second-order valence-corrected chi connectivity index (χ2v) is 7.31. The molecule has 5 heteroatoms. The van der Waals surface area contributed by atoms with Crippen molar-refractivity contribution >= 4 is 22.7 Å². The summed E-state index contributed by atoms with van der Waals surface area (Å²) in [6.45, 7) is 0. The van der Waals surface area contributed by atoms with Crippen LogP contribution >= 0.6 is 11.8 Å². The fourth-order valence-corrected chi connectivity index (χ4v) is 4.17. The molecule has 134 valence electrons. The van der Waals surface area contributed by atoms with Crippen molar-refractivity contribution < 1.29 is 9.90 Å². The largest absolute Gasteiger partial charge is 0.363 e. The third-order valence-electron chi connectivity index (χ3n) is 4.38. The number of nitrogens with zero attached hydrogens (tertiary/aromatic N) is 1. The number of amides is 1. The van der Waals surface area contributed by atoms with Gasteiger partial charge in [-0.1, -0.05) is 90.6 Å². The van der Waals surface area contributed by atoms with E-state index in [1.54, 1.807) is 12.1 Å². The van der Waals surface area contributed by atoms with Gasteiger partial charge in [-0.05, 0) is 12.1 Å². The fourth-order valence-electron chi connectivity index (χ4n) is 2.97. The van der Waals surface area contributed by atoms with Gasteiger partial charge in [-0.3, -0.25) is 4.79 Å². The number of nitrogens with one attached hydrogen (secondary N) is 1. The van der Waals surface area contributed by atoms with Crippen LogP contribution < -0.4 is 5.32 Å². The number of hydrogen-bond donors (Lipinski definition) is 2. The van der Waals surface area contributed by atoms with Gasteiger partial charge in [0.05, 0.1) is 0 Å². The summed E-state index contributed by atoms with van der Waals surface area (Å²) in [7, 11) is 0. The molecular formula is C22H18N2O2S. The van der Waals surface area contributed by atoms with E-state index in [1.165, 1.54) is 11.8 Å². The first-order chi connectivity index (χ1) is 13.2. The maximum atomic E-state index is 12.7. The van der Waals surface area contributed by atoms with E-state index in [-0.39, 0.29) is 5.91 Å². The molecule has 3 aromatic carbocycles. The van der Waals surface area contributed by atoms with Gasteiger partial charge in [0.1, 0.15) is 10.4 Å². The zero-order valence-electron chi connectivity index (χ0n) is 14.4. The van der Waals surface area contributed by atoms with Crippen LogP contribution in [-0.2, 0) is 5.72 Å². The summed E-state index contributed by atoms with van der Waals surface area (Å²) in [6.07, 6.45) is 0. The van der Waals surface area contributed by atoms with Gasteiger partial charge in [0.15, 0.2) is 0 Å². The van der Waals surface area contributed by atoms with Gasteiger partial charge in [0, 0.05) is 16.7 Å². The van der Waals surface area contributed by atoms with Crippen molar-refractivity contribution in [2.75, 3.05) is 0 Å². The average Bonchev–Trinajstić information content (AvgIpc) is 3.07. The first kappa shape index (κ1) is 17.5. The van der Waals surface area contributed by atoms with E-state index in [9.17, 15) is 9.90 Å². The number of rotatable bonds is 4. The molecule has 0 aliphatic carbocycles. The molecule has 0 saturated carbocycles. The normalized spacial score (nSPS) is 21.5. The quantitative estimate of drug-likeness (QED) is 0.731. The molecule has 2 N–H and O–H groups in total. The number of aliphatic hydroxyl groups is 1. The number of benzene rings is 3. The minimum atomic E-state index is -1.54. The first-order valence-corrected chi connectivity index (χ1v) is 9.50.